The maximum absolute atomic E-state index is 12.5. The number of methoxy groups -OCH3 is 2. The van der Waals surface area contributed by atoms with Gasteiger partial charge in [-0.05, 0) is 31.0 Å². The highest BCUT2D eigenvalue weighted by Crippen LogP contribution is 2.30. The molecule has 0 radical (unpaired) electrons. The van der Waals surface area contributed by atoms with Gasteiger partial charge in [-0.2, -0.15) is 0 Å². The van der Waals surface area contributed by atoms with Crippen LogP contribution in [0.15, 0.2) is 48.5 Å². The van der Waals surface area contributed by atoms with E-state index in [-0.39, 0.29) is 11.9 Å². The average Bonchev–Trinajstić information content (AvgIpc) is 3.17. The highest BCUT2D eigenvalue weighted by atomic mass is 16.5. The molecule has 1 aromatic heterocycles. The van der Waals surface area contributed by atoms with Gasteiger partial charge in [0.1, 0.15) is 17.3 Å². The van der Waals surface area contributed by atoms with Crippen molar-refractivity contribution in [3.05, 3.63) is 71.3 Å². The third-order valence-corrected chi connectivity index (χ3v) is 6.31. The Morgan fingerprint density at radius 1 is 1.00 bits per heavy atom. The van der Waals surface area contributed by atoms with E-state index < -0.39 is 0 Å². The van der Waals surface area contributed by atoms with Crippen LogP contribution in [0.25, 0.3) is 0 Å². The summed E-state index contributed by atoms with van der Waals surface area (Å²) in [5.74, 6) is 3.44. The van der Waals surface area contributed by atoms with Crippen LogP contribution in [0, 0.1) is 0 Å². The van der Waals surface area contributed by atoms with E-state index in [4.69, 9.17) is 9.47 Å². The molecule has 0 unspecified atom stereocenters. The SMILES string of the molecule is COc1cccc(OC)c1CN1CCc2nnc([C@@H](C)NC(=O)CCc3ccccc3)n2CC1. The van der Waals surface area contributed by atoms with Crippen molar-refractivity contribution in [3.8, 4) is 11.5 Å². The number of fused-ring (bicyclic) bond motifs is 1. The van der Waals surface area contributed by atoms with E-state index in [1.54, 1.807) is 14.2 Å². The Kier molecular flexibility index (Phi) is 7.80. The summed E-state index contributed by atoms with van der Waals surface area (Å²) in [6, 6.07) is 15.7. The normalized spacial score (nSPS) is 14.7. The Hall–Kier alpha value is -3.39. The first-order valence-corrected chi connectivity index (χ1v) is 11.8. The van der Waals surface area contributed by atoms with E-state index in [2.05, 4.69) is 25.0 Å². The minimum atomic E-state index is -0.203. The molecular formula is C26H33N5O3. The molecule has 180 valence electrons. The van der Waals surface area contributed by atoms with Crippen molar-refractivity contribution in [3.63, 3.8) is 0 Å². The van der Waals surface area contributed by atoms with Gasteiger partial charge in [0.05, 0.1) is 25.8 Å². The number of aromatic nitrogens is 3. The van der Waals surface area contributed by atoms with Crippen molar-refractivity contribution < 1.29 is 14.3 Å². The number of nitrogens with zero attached hydrogens (tertiary/aromatic N) is 4. The van der Waals surface area contributed by atoms with Crippen LogP contribution in [0.4, 0.5) is 0 Å². The van der Waals surface area contributed by atoms with Crippen molar-refractivity contribution in [2.75, 3.05) is 27.3 Å². The van der Waals surface area contributed by atoms with E-state index in [0.717, 1.165) is 73.3 Å². The van der Waals surface area contributed by atoms with E-state index in [1.807, 2.05) is 55.5 Å². The molecule has 1 N–H and O–H groups in total. The first kappa shape index (κ1) is 23.8. The number of amides is 1. The molecule has 8 nitrogen and oxygen atoms in total. The van der Waals surface area contributed by atoms with Gasteiger partial charge in [-0.15, -0.1) is 10.2 Å². The Bertz CT molecular complexity index is 1080. The molecular weight excluding hydrogens is 430 g/mol. The fraction of sp³-hybridized carbons (Fsp3) is 0.423. The summed E-state index contributed by atoms with van der Waals surface area (Å²) in [7, 11) is 3.37. The number of benzene rings is 2. The molecule has 0 saturated carbocycles. The van der Waals surface area contributed by atoms with Gasteiger partial charge in [-0.1, -0.05) is 36.4 Å². The molecule has 8 heteroatoms. The molecule has 1 atom stereocenters. The third kappa shape index (κ3) is 5.56. The molecule has 3 aromatic rings. The quantitative estimate of drug-likeness (QED) is 0.525. The van der Waals surface area contributed by atoms with Gasteiger partial charge in [-0.25, -0.2) is 0 Å². The van der Waals surface area contributed by atoms with E-state index in [1.165, 1.54) is 0 Å². The average molecular weight is 464 g/mol. The summed E-state index contributed by atoms with van der Waals surface area (Å²) < 4.78 is 13.3. The summed E-state index contributed by atoms with van der Waals surface area (Å²) in [6.07, 6.45) is 1.96. The maximum atomic E-state index is 12.5. The predicted octanol–water partition coefficient (Wildman–Crippen LogP) is 3.16. The van der Waals surface area contributed by atoms with Gasteiger partial charge < -0.3 is 19.4 Å². The lowest BCUT2D eigenvalue weighted by Crippen LogP contribution is -2.30. The second-order valence-corrected chi connectivity index (χ2v) is 8.57. The maximum Gasteiger partial charge on any atom is 0.220 e. The first-order chi connectivity index (χ1) is 16.6. The zero-order valence-corrected chi connectivity index (χ0v) is 20.2. The van der Waals surface area contributed by atoms with Gasteiger partial charge in [0.25, 0.3) is 0 Å². The number of rotatable bonds is 9. The number of ether oxygens (including phenoxy) is 2. The molecule has 1 amide bonds. The molecule has 0 saturated heterocycles. The zero-order valence-electron chi connectivity index (χ0n) is 20.2. The molecule has 34 heavy (non-hydrogen) atoms. The van der Waals surface area contributed by atoms with Crippen LogP contribution in [0.5, 0.6) is 11.5 Å². The fourth-order valence-electron chi connectivity index (χ4n) is 4.46. The molecule has 2 heterocycles. The standard InChI is InChI=1S/C26H33N5O3/c1-19(27-25(32)13-12-20-8-5-4-6-9-20)26-29-28-24-14-15-30(16-17-31(24)26)18-21-22(33-2)10-7-11-23(21)34-3/h4-11,19H,12-18H2,1-3H3,(H,27,32)/t19-/m1/s1. The third-order valence-electron chi connectivity index (χ3n) is 6.31. The van der Waals surface area contributed by atoms with Gasteiger partial charge in [0.15, 0.2) is 5.82 Å². The smallest absolute Gasteiger partial charge is 0.220 e. The Morgan fingerprint density at radius 3 is 2.44 bits per heavy atom. The fourth-order valence-corrected chi connectivity index (χ4v) is 4.46. The molecule has 0 fully saturated rings. The summed E-state index contributed by atoms with van der Waals surface area (Å²) in [5.41, 5.74) is 2.21. The molecule has 1 aliphatic heterocycles. The van der Waals surface area contributed by atoms with Crippen molar-refractivity contribution in [2.24, 2.45) is 0 Å². The van der Waals surface area contributed by atoms with E-state index in [9.17, 15) is 4.79 Å². The molecule has 0 spiro atoms. The highest BCUT2D eigenvalue weighted by molar-refractivity contribution is 5.76. The second-order valence-electron chi connectivity index (χ2n) is 8.57. The van der Waals surface area contributed by atoms with Gasteiger partial charge >= 0.3 is 0 Å². The number of aryl methyl sites for hydroxylation is 1. The van der Waals surface area contributed by atoms with Crippen molar-refractivity contribution >= 4 is 5.91 Å². The minimum absolute atomic E-state index is 0.0206. The predicted molar refractivity (Wildman–Crippen MR) is 130 cm³/mol. The summed E-state index contributed by atoms with van der Waals surface area (Å²) in [6.45, 7) is 5.16. The summed E-state index contributed by atoms with van der Waals surface area (Å²) >= 11 is 0. The van der Waals surface area contributed by atoms with Crippen LogP contribution in [0.3, 0.4) is 0 Å². The largest absolute Gasteiger partial charge is 0.496 e. The van der Waals surface area contributed by atoms with Crippen molar-refractivity contribution in [1.29, 1.82) is 0 Å². The van der Waals surface area contributed by atoms with E-state index in [0.29, 0.717) is 6.42 Å². The van der Waals surface area contributed by atoms with Gasteiger partial charge in [0.2, 0.25) is 5.91 Å². The molecule has 0 bridgehead atoms. The van der Waals surface area contributed by atoms with E-state index >= 15 is 0 Å². The zero-order chi connectivity index (χ0) is 23.9. The second kappa shape index (κ2) is 11.2. The van der Waals surface area contributed by atoms with Gasteiger partial charge in [-0.3, -0.25) is 9.69 Å². The number of hydrogen-bond donors (Lipinski definition) is 1. The van der Waals surface area contributed by atoms with Crippen LogP contribution in [-0.2, 0) is 30.7 Å². The first-order valence-electron chi connectivity index (χ1n) is 11.8. The van der Waals surface area contributed by atoms with Crippen molar-refractivity contribution in [1.82, 2.24) is 25.0 Å². The van der Waals surface area contributed by atoms with Crippen LogP contribution >= 0.6 is 0 Å². The number of carbonyl (C=O) groups is 1. The molecule has 0 aliphatic carbocycles. The number of carbonyl (C=O) groups excluding carboxylic acids is 1. The lowest BCUT2D eigenvalue weighted by molar-refractivity contribution is -0.121. The Morgan fingerprint density at radius 2 is 1.74 bits per heavy atom. The highest BCUT2D eigenvalue weighted by Gasteiger charge is 2.24. The lowest BCUT2D eigenvalue weighted by Gasteiger charge is -2.22. The molecule has 1 aliphatic rings. The number of nitrogens with one attached hydrogen (secondary N) is 1. The van der Waals surface area contributed by atoms with Crippen LogP contribution in [0.2, 0.25) is 0 Å². The van der Waals surface area contributed by atoms with Gasteiger partial charge in [0, 0.05) is 39.0 Å². The topological polar surface area (TPSA) is 81.5 Å². The monoisotopic (exact) mass is 463 g/mol. The van der Waals surface area contributed by atoms with Crippen LogP contribution < -0.4 is 14.8 Å². The summed E-state index contributed by atoms with van der Waals surface area (Å²) in [4.78, 5) is 14.9. The van der Waals surface area contributed by atoms with Crippen LogP contribution in [-0.4, -0.2) is 52.9 Å². The Balaban J connectivity index is 1.37. The van der Waals surface area contributed by atoms with Crippen LogP contribution in [0.1, 0.15) is 42.2 Å². The minimum Gasteiger partial charge on any atom is -0.496 e. The Labute approximate surface area is 200 Å². The van der Waals surface area contributed by atoms with Crippen molar-refractivity contribution in [2.45, 2.75) is 45.3 Å². The number of hydrogen-bond acceptors (Lipinski definition) is 6. The summed E-state index contributed by atoms with van der Waals surface area (Å²) in [5, 5.41) is 11.9. The lowest BCUT2D eigenvalue weighted by atomic mass is 10.1. The molecule has 4 rings (SSSR count). The molecule has 2 aromatic carbocycles.